The lowest BCUT2D eigenvalue weighted by Crippen LogP contribution is -2.38. The Morgan fingerprint density at radius 3 is 2.61 bits per heavy atom. The first kappa shape index (κ1) is 20.1. The Hall–Kier alpha value is -2.68. The van der Waals surface area contributed by atoms with Crippen molar-refractivity contribution >= 4 is 11.5 Å². The topological polar surface area (TPSA) is 76.4 Å². The third-order valence-corrected chi connectivity index (χ3v) is 5.43. The third-order valence-electron chi connectivity index (χ3n) is 5.43. The zero-order valence-electron chi connectivity index (χ0n) is 16.3. The fraction of sp³-hybridized carbons (Fsp3) is 0.391. The van der Waals surface area contributed by atoms with Gasteiger partial charge in [0.05, 0.1) is 17.7 Å². The number of aliphatic hydroxyl groups excluding tert-OH is 1. The quantitative estimate of drug-likeness (QED) is 0.721. The van der Waals surface area contributed by atoms with E-state index in [0.717, 1.165) is 43.7 Å². The van der Waals surface area contributed by atoms with E-state index in [0.29, 0.717) is 23.6 Å². The molecule has 2 N–H and O–H groups in total. The second-order valence-electron chi connectivity index (χ2n) is 7.48. The number of Topliss-reactive ketones (excluding diaryl/α,β-unsaturated/α-hetero) is 1. The fourth-order valence-electron chi connectivity index (χ4n) is 3.72. The van der Waals surface area contributed by atoms with E-state index in [2.05, 4.69) is 16.3 Å². The van der Waals surface area contributed by atoms with Gasteiger partial charge in [-0.2, -0.15) is 5.26 Å². The van der Waals surface area contributed by atoms with Crippen LogP contribution < -0.4 is 5.32 Å². The number of hydrogen-bond acceptors (Lipinski definition) is 5. The van der Waals surface area contributed by atoms with E-state index in [1.165, 1.54) is 0 Å². The normalized spacial score (nSPS) is 16.3. The zero-order chi connectivity index (χ0) is 19.9. The Morgan fingerprint density at radius 2 is 1.96 bits per heavy atom. The average Bonchev–Trinajstić information content (AvgIpc) is 2.73. The molecule has 0 amide bonds. The van der Waals surface area contributed by atoms with Crippen LogP contribution in [0.1, 0.15) is 47.4 Å². The Kier molecular flexibility index (Phi) is 6.80. The largest absolute Gasteiger partial charge is 0.387 e. The summed E-state index contributed by atoms with van der Waals surface area (Å²) in [6, 6.07) is 17.1. The summed E-state index contributed by atoms with van der Waals surface area (Å²) in [5, 5.41) is 22.9. The first-order chi connectivity index (χ1) is 13.6. The molecule has 2 aromatic rings. The number of β-amino-alcohol motifs (C(OH)–C–C–N with tert-alkyl or cyclic N) is 1. The molecule has 28 heavy (non-hydrogen) atoms. The molecule has 0 aliphatic carbocycles. The van der Waals surface area contributed by atoms with Gasteiger partial charge in [0.2, 0.25) is 0 Å². The van der Waals surface area contributed by atoms with Crippen molar-refractivity contribution in [1.82, 2.24) is 4.90 Å². The highest BCUT2D eigenvalue weighted by Crippen LogP contribution is 2.23. The minimum atomic E-state index is -0.456. The lowest BCUT2D eigenvalue weighted by atomic mass is 9.95. The molecule has 1 atom stereocenters. The van der Waals surface area contributed by atoms with E-state index in [4.69, 9.17) is 5.26 Å². The molecule has 1 fully saturated rings. The van der Waals surface area contributed by atoms with Crippen LogP contribution >= 0.6 is 0 Å². The number of hydrogen-bond donors (Lipinski definition) is 2. The summed E-state index contributed by atoms with van der Waals surface area (Å²) in [5.41, 5.74) is 2.88. The number of likely N-dealkylation sites (tertiary alicyclic amines) is 1. The van der Waals surface area contributed by atoms with Crippen molar-refractivity contribution in [2.75, 3.05) is 31.5 Å². The number of carbonyl (C=O) groups excluding carboxylic acids is 1. The Morgan fingerprint density at radius 1 is 1.25 bits per heavy atom. The van der Waals surface area contributed by atoms with Crippen LogP contribution in [0, 0.1) is 17.2 Å². The SMILES string of the molecule is CC(=O)c1ccc(C#N)cc1NCC1CCN(CC(O)c2ccccc2)CC1. The van der Waals surface area contributed by atoms with Gasteiger partial charge in [-0.15, -0.1) is 0 Å². The zero-order valence-corrected chi connectivity index (χ0v) is 16.3. The molecule has 2 aromatic carbocycles. The maximum Gasteiger partial charge on any atom is 0.161 e. The molecule has 1 aliphatic heterocycles. The van der Waals surface area contributed by atoms with Gasteiger partial charge in [-0.3, -0.25) is 4.79 Å². The summed E-state index contributed by atoms with van der Waals surface area (Å²) in [6.07, 6.45) is 1.63. The van der Waals surface area contributed by atoms with Gasteiger partial charge in [0.15, 0.2) is 5.78 Å². The van der Waals surface area contributed by atoms with Crippen molar-refractivity contribution in [3.05, 3.63) is 65.2 Å². The third kappa shape index (κ3) is 5.19. The standard InChI is InChI=1S/C23H27N3O2/c1-17(27)21-8-7-19(14-24)13-22(21)25-15-18-9-11-26(12-10-18)16-23(28)20-5-3-2-4-6-20/h2-8,13,18,23,25,28H,9-12,15-16H2,1H3. The van der Waals surface area contributed by atoms with Crippen molar-refractivity contribution in [2.24, 2.45) is 5.92 Å². The van der Waals surface area contributed by atoms with Gasteiger partial charge in [-0.25, -0.2) is 0 Å². The maximum atomic E-state index is 11.8. The molecule has 5 nitrogen and oxygen atoms in total. The molecule has 0 spiro atoms. The molecule has 0 saturated carbocycles. The minimum Gasteiger partial charge on any atom is -0.387 e. The summed E-state index contributed by atoms with van der Waals surface area (Å²) in [5.74, 6) is 0.507. The Balaban J connectivity index is 1.50. The van der Waals surface area contributed by atoms with E-state index < -0.39 is 6.10 Å². The van der Waals surface area contributed by atoms with Crippen LogP contribution in [0.15, 0.2) is 48.5 Å². The minimum absolute atomic E-state index is 0.00305. The number of piperidine rings is 1. The highest BCUT2D eigenvalue weighted by Gasteiger charge is 2.22. The second-order valence-corrected chi connectivity index (χ2v) is 7.48. The number of ketones is 1. The first-order valence-electron chi connectivity index (χ1n) is 9.81. The number of nitriles is 1. The number of nitrogens with one attached hydrogen (secondary N) is 1. The van der Waals surface area contributed by atoms with Gasteiger partial charge < -0.3 is 15.3 Å². The van der Waals surface area contributed by atoms with Crippen molar-refractivity contribution in [3.8, 4) is 6.07 Å². The van der Waals surface area contributed by atoms with Crippen molar-refractivity contribution < 1.29 is 9.90 Å². The highest BCUT2D eigenvalue weighted by molar-refractivity contribution is 5.99. The summed E-state index contributed by atoms with van der Waals surface area (Å²) in [4.78, 5) is 14.1. The summed E-state index contributed by atoms with van der Waals surface area (Å²) >= 11 is 0. The number of benzene rings is 2. The lowest BCUT2D eigenvalue weighted by molar-refractivity contribution is 0.0909. The average molecular weight is 377 g/mol. The molecule has 0 radical (unpaired) electrons. The summed E-state index contributed by atoms with van der Waals surface area (Å²) in [6.45, 7) is 4.89. The van der Waals surface area contributed by atoms with Crippen molar-refractivity contribution in [3.63, 3.8) is 0 Å². The van der Waals surface area contributed by atoms with E-state index in [1.54, 1.807) is 25.1 Å². The number of aliphatic hydroxyl groups is 1. The number of rotatable bonds is 7. The van der Waals surface area contributed by atoms with Crippen LogP contribution in [0.25, 0.3) is 0 Å². The predicted octanol–water partition coefficient (Wildman–Crippen LogP) is 3.62. The molecule has 146 valence electrons. The Labute approximate surface area is 166 Å². The fourth-order valence-corrected chi connectivity index (χ4v) is 3.72. The molecule has 0 bridgehead atoms. The van der Waals surface area contributed by atoms with Crippen molar-refractivity contribution in [1.29, 1.82) is 5.26 Å². The molecular weight excluding hydrogens is 350 g/mol. The van der Waals surface area contributed by atoms with E-state index in [9.17, 15) is 9.90 Å². The number of nitrogens with zero attached hydrogens (tertiary/aromatic N) is 2. The molecule has 5 heteroatoms. The highest BCUT2D eigenvalue weighted by atomic mass is 16.3. The molecular formula is C23H27N3O2. The molecule has 1 unspecified atom stereocenters. The van der Waals surface area contributed by atoms with Gasteiger partial charge in [0.1, 0.15) is 0 Å². The maximum absolute atomic E-state index is 11.8. The molecule has 1 aliphatic rings. The van der Waals surface area contributed by atoms with Crippen LogP contribution in [-0.4, -0.2) is 42.0 Å². The monoisotopic (exact) mass is 377 g/mol. The van der Waals surface area contributed by atoms with Gasteiger partial charge in [-0.1, -0.05) is 30.3 Å². The first-order valence-corrected chi connectivity index (χ1v) is 9.81. The van der Waals surface area contributed by atoms with E-state index >= 15 is 0 Å². The number of anilines is 1. The second kappa shape index (κ2) is 9.50. The molecule has 3 rings (SSSR count). The van der Waals surface area contributed by atoms with Gasteiger partial charge >= 0.3 is 0 Å². The molecule has 0 aromatic heterocycles. The molecule has 1 saturated heterocycles. The van der Waals surface area contributed by atoms with Crippen LogP contribution in [0.2, 0.25) is 0 Å². The predicted molar refractivity (Wildman–Crippen MR) is 110 cm³/mol. The van der Waals surface area contributed by atoms with E-state index in [-0.39, 0.29) is 5.78 Å². The van der Waals surface area contributed by atoms with E-state index in [1.807, 2.05) is 30.3 Å². The van der Waals surface area contributed by atoms with Crippen LogP contribution in [0.5, 0.6) is 0 Å². The van der Waals surface area contributed by atoms with Crippen molar-refractivity contribution in [2.45, 2.75) is 25.9 Å². The Bertz CT molecular complexity index is 837. The van der Waals surface area contributed by atoms with Gasteiger partial charge in [0, 0.05) is 24.3 Å². The van der Waals surface area contributed by atoms with Crippen LogP contribution in [-0.2, 0) is 0 Å². The molecule has 1 heterocycles. The van der Waals surface area contributed by atoms with Crippen LogP contribution in [0.3, 0.4) is 0 Å². The number of carbonyl (C=O) groups is 1. The van der Waals surface area contributed by atoms with Gasteiger partial charge in [-0.05, 0) is 62.5 Å². The van der Waals surface area contributed by atoms with Crippen LogP contribution in [0.4, 0.5) is 5.69 Å². The summed E-state index contributed by atoms with van der Waals surface area (Å²) in [7, 11) is 0. The summed E-state index contributed by atoms with van der Waals surface area (Å²) < 4.78 is 0. The smallest absolute Gasteiger partial charge is 0.161 e. The lowest BCUT2D eigenvalue weighted by Gasteiger charge is -2.33. The van der Waals surface area contributed by atoms with Gasteiger partial charge in [0.25, 0.3) is 0 Å².